The Hall–Kier alpha value is -3.22. The second-order valence-corrected chi connectivity index (χ2v) is 12.2. The number of nitrogens with zero attached hydrogens (tertiary/aromatic N) is 5. The van der Waals surface area contributed by atoms with Gasteiger partial charge in [0, 0.05) is 51.7 Å². The van der Waals surface area contributed by atoms with Crippen LogP contribution in [0.15, 0.2) is 35.5 Å². The van der Waals surface area contributed by atoms with E-state index in [2.05, 4.69) is 25.8 Å². The maximum Gasteiger partial charge on any atom is 0.435 e. The molecule has 4 N–H and O–H groups in total. The highest BCUT2D eigenvalue weighted by Gasteiger charge is 2.38. The van der Waals surface area contributed by atoms with E-state index in [0.717, 1.165) is 12.4 Å². The summed E-state index contributed by atoms with van der Waals surface area (Å²) in [7, 11) is -2.66. The number of alkyl halides is 3. The molecule has 19 heteroatoms. The molecule has 0 spiro atoms. The number of carbonyl (C=O) groups excluding carboxylic acids is 2. The number of carbonyl (C=O) groups is 2. The number of sulfonamides is 1. The largest absolute Gasteiger partial charge is 0.435 e. The van der Waals surface area contributed by atoms with Crippen molar-refractivity contribution in [2.45, 2.75) is 29.6 Å². The average Bonchev–Trinajstić information content (AvgIpc) is 3.67. The van der Waals surface area contributed by atoms with Gasteiger partial charge in [0.1, 0.15) is 4.90 Å². The molecule has 5 rings (SSSR count). The maximum atomic E-state index is 13.3. The molecule has 1 aromatic carbocycles. The lowest BCUT2D eigenvalue weighted by Gasteiger charge is -2.35. The molecule has 2 atom stereocenters. The third-order valence-electron chi connectivity index (χ3n) is 7.14. The minimum atomic E-state index is -4.72. The Morgan fingerprint density at radius 2 is 1.88 bits per heavy atom. The fourth-order valence-electron chi connectivity index (χ4n) is 4.96. The number of anilines is 1. The molecule has 2 aromatic heterocycles. The summed E-state index contributed by atoms with van der Waals surface area (Å²) in [5.41, 5.74) is -1.30. The number of aromatic nitrogens is 4. The summed E-state index contributed by atoms with van der Waals surface area (Å²) in [6.45, 7) is 0.773. The van der Waals surface area contributed by atoms with Gasteiger partial charge in [-0.3, -0.25) is 14.7 Å². The molecule has 0 unspecified atom stereocenters. The van der Waals surface area contributed by atoms with Crippen LogP contribution in [-0.2, 0) is 28.0 Å². The van der Waals surface area contributed by atoms with Gasteiger partial charge in [0.2, 0.25) is 15.9 Å². The van der Waals surface area contributed by atoms with E-state index in [1.54, 1.807) is 4.90 Å². The van der Waals surface area contributed by atoms with E-state index in [4.69, 9.17) is 11.6 Å². The minimum Gasteiger partial charge on any atom is -0.392 e. The van der Waals surface area contributed by atoms with E-state index < -0.39 is 39.9 Å². The summed E-state index contributed by atoms with van der Waals surface area (Å²) in [5, 5.41) is 20.4. The summed E-state index contributed by atoms with van der Waals surface area (Å²) >= 11 is 6.31. The predicted octanol–water partition coefficient (Wildman–Crippen LogP) is 1.71. The molecule has 2 amide bonds. The zero-order chi connectivity index (χ0) is 30.4. The Morgan fingerprint density at radius 3 is 2.49 bits per heavy atom. The minimum absolute atomic E-state index is 0. The fourth-order valence-corrected chi connectivity index (χ4v) is 6.90. The van der Waals surface area contributed by atoms with Crippen LogP contribution < -0.4 is 10.6 Å². The molecular formula is C24H27Cl2F3N8O5S. The van der Waals surface area contributed by atoms with Crippen LogP contribution in [0.25, 0.3) is 11.3 Å². The number of benzene rings is 1. The van der Waals surface area contributed by atoms with Crippen LogP contribution in [0.4, 0.5) is 18.9 Å². The van der Waals surface area contributed by atoms with Crippen LogP contribution in [0, 0.1) is 0 Å². The van der Waals surface area contributed by atoms with Crippen LogP contribution in [0.5, 0.6) is 0 Å². The molecule has 234 valence electrons. The van der Waals surface area contributed by atoms with Crippen LogP contribution in [0.1, 0.15) is 22.7 Å². The Morgan fingerprint density at radius 1 is 1.19 bits per heavy atom. The summed E-state index contributed by atoms with van der Waals surface area (Å²) in [5.74, 6) is -1.16. The van der Waals surface area contributed by atoms with Gasteiger partial charge in [-0.15, -0.1) is 12.4 Å². The molecule has 2 aliphatic rings. The summed E-state index contributed by atoms with van der Waals surface area (Å²) < 4.78 is 68.8. The summed E-state index contributed by atoms with van der Waals surface area (Å²) in [4.78, 5) is 30.8. The van der Waals surface area contributed by atoms with Crippen molar-refractivity contribution in [3.05, 3.63) is 47.1 Å². The molecule has 2 aliphatic heterocycles. The predicted molar refractivity (Wildman–Crippen MR) is 150 cm³/mol. The van der Waals surface area contributed by atoms with Crippen molar-refractivity contribution in [2.75, 3.05) is 38.0 Å². The molecular weight excluding hydrogens is 640 g/mol. The lowest BCUT2D eigenvalue weighted by Crippen LogP contribution is -2.54. The first-order valence-corrected chi connectivity index (χ1v) is 14.5. The number of hydrogen-bond acceptors (Lipinski definition) is 8. The van der Waals surface area contributed by atoms with Crippen molar-refractivity contribution < 1.29 is 36.3 Å². The first-order valence-electron chi connectivity index (χ1n) is 12.7. The molecule has 43 heavy (non-hydrogen) atoms. The number of halogens is 5. The third kappa shape index (κ3) is 6.51. The normalized spacial score (nSPS) is 19.7. The molecule has 0 aliphatic carbocycles. The van der Waals surface area contributed by atoms with Crippen molar-refractivity contribution >= 4 is 51.5 Å². The van der Waals surface area contributed by atoms with Gasteiger partial charge in [-0.05, 0) is 24.6 Å². The van der Waals surface area contributed by atoms with Gasteiger partial charge in [-0.25, -0.2) is 13.4 Å². The van der Waals surface area contributed by atoms with Crippen molar-refractivity contribution in [3.63, 3.8) is 0 Å². The molecule has 3 aromatic rings. The molecule has 4 heterocycles. The van der Waals surface area contributed by atoms with E-state index in [9.17, 15) is 36.3 Å². The molecule has 0 radical (unpaired) electrons. The number of imidazole rings is 1. The number of H-pyrrole nitrogens is 1. The number of nitrogens with one attached hydrogen (secondary N) is 3. The van der Waals surface area contributed by atoms with Crippen LogP contribution in [-0.4, -0.2) is 99.2 Å². The quantitative estimate of drug-likeness (QED) is 0.309. The van der Waals surface area contributed by atoms with E-state index in [-0.39, 0.29) is 77.2 Å². The Labute approximate surface area is 254 Å². The standard InChI is InChI=1S/C24H26ClF3N8O5S.ClH/c1-34-18(15-11-31-33-20(15)24(26,27)28)12-30-21(34)22(38)32-13-2-3-19(16(25)8-13)42(40,41)36-6-4-35(5-7-36)23(39)17-9-14(37)10-29-17;/h2-3,8,11-12,14,17,29,37H,4-7,9-10H2,1H3,(H,31,33)(H,32,38);1H/t14-,17+;/m1./s1. The number of aromatic amines is 1. The Kier molecular flexibility index (Phi) is 9.44. The topological polar surface area (TPSA) is 166 Å². The molecule has 2 fully saturated rings. The van der Waals surface area contributed by atoms with Crippen molar-refractivity contribution in [1.82, 2.24) is 34.3 Å². The number of β-amino-alcohol motifs (C(OH)–C–C–N with tert-alkyl or cyclic N) is 1. The number of piperazine rings is 1. The van der Waals surface area contributed by atoms with Gasteiger partial charge < -0.3 is 25.2 Å². The first kappa shape index (κ1) is 32.7. The van der Waals surface area contributed by atoms with Crippen molar-refractivity contribution in [3.8, 4) is 11.3 Å². The van der Waals surface area contributed by atoms with Crippen molar-refractivity contribution in [1.29, 1.82) is 0 Å². The highest BCUT2D eigenvalue weighted by molar-refractivity contribution is 7.89. The Bertz CT molecular complexity index is 1620. The second kappa shape index (κ2) is 12.4. The molecule has 13 nitrogen and oxygen atoms in total. The molecule has 2 saturated heterocycles. The van der Waals surface area contributed by atoms with Crippen LogP contribution in [0.2, 0.25) is 5.02 Å². The van der Waals surface area contributed by atoms with Crippen LogP contribution >= 0.6 is 24.0 Å². The average molecular weight is 667 g/mol. The lowest BCUT2D eigenvalue weighted by molar-refractivity contribution is -0.140. The number of aliphatic hydroxyl groups is 1. The van der Waals surface area contributed by atoms with E-state index in [1.807, 2.05) is 0 Å². The van der Waals surface area contributed by atoms with Crippen LogP contribution in [0.3, 0.4) is 0 Å². The van der Waals surface area contributed by atoms with Gasteiger partial charge in [0.25, 0.3) is 5.91 Å². The SMILES string of the molecule is Cl.Cn1c(-c2c[nH]nc2C(F)(F)F)cnc1C(=O)Nc1ccc(S(=O)(=O)N2CCN(C(=O)[C@@H]3C[C@@H](O)CN3)CC2)c(Cl)c1. The molecule has 0 saturated carbocycles. The maximum absolute atomic E-state index is 13.3. The smallest absolute Gasteiger partial charge is 0.392 e. The number of rotatable bonds is 6. The van der Waals surface area contributed by atoms with Gasteiger partial charge >= 0.3 is 6.18 Å². The zero-order valence-corrected chi connectivity index (χ0v) is 24.8. The monoisotopic (exact) mass is 666 g/mol. The lowest BCUT2D eigenvalue weighted by atomic mass is 10.1. The van der Waals surface area contributed by atoms with E-state index in [1.165, 1.54) is 34.1 Å². The summed E-state index contributed by atoms with van der Waals surface area (Å²) in [6.07, 6.45) is -2.84. The fraction of sp³-hybridized carbons (Fsp3) is 0.417. The number of amides is 2. The number of aliphatic hydroxyl groups excluding tert-OH is 1. The number of hydrogen-bond donors (Lipinski definition) is 4. The summed E-state index contributed by atoms with van der Waals surface area (Å²) in [6, 6.07) is 3.31. The van der Waals surface area contributed by atoms with Gasteiger partial charge in [-0.1, -0.05) is 11.6 Å². The van der Waals surface area contributed by atoms with E-state index >= 15 is 0 Å². The van der Waals surface area contributed by atoms with Crippen molar-refractivity contribution in [2.24, 2.45) is 7.05 Å². The van der Waals surface area contributed by atoms with Gasteiger partial charge in [0.05, 0.1) is 34.6 Å². The van der Waals surface area contributed by atoms with E-state index in [0.29, 0.717) is 13.0 Å². The first-order chi connectivity index (χ1) is 19.8. The third-order valence-corrected chi connectivity index (χ3v) is 9.52. The highest BCUT2D eigenvalue weighted by atomic mass is 35.5. The van der Waals surface area contributed by atoms with Gasteiger partial charge in [-0.2, -0.15) is 22.6 Å². The van der Waals surface area contributed by atoms with Gasteiger partial charge in [0.15, 0.2) is 11.5 Å². The second-order valence-electron chi connectivity index (χ2n) is 9.85. The zero-order valence-electron chi connectivity index (χ0n) is 22.4. The highest BCUT2D eigenvalue weighted by Crippen LogP contribution is 2.35. The molecule has 0 bridgehead atoms. The Balaban J connectivity index is 0.00000423.